The molecule has 1 nitrogen and oxygen atoms in total. The lowest BCUT2D eigenvalue weighted by Crippen LogP contribution is -2.19. The number of hydrogen-bond acceptors (Lipinski definition) is 2. The highest BCUT2D eigenvalue weighted by Gasteiger charge is 2.27. The van der Waals surface area contributed by atoms with Gasteiger partial charge in [0.1, 0.15) is 0 Å². The molecule has 1 N–H and O–H groups in total. The zero-order valence-corrected chi connectivity index (χ0v) is 9.78. The molecule has 0 aliphatic heterocycles. The van der Waals surface area contributed by atoms with Crippen LogP contribution in [-0.2, 0) is 6.42 Å². The van der Waals surface area contributed by atoms with Crippen molar-refractivity contribution < 1.29 is 5.11 Å². The standard InChI is InChI=1S/C14H14OS/c15-13(14-6-3-7-16-14)9-11-8-10-4-1-2-5-12(10)11/h1-7,11,13,15H,8-9H2. The summed E-state index contributed by atoms with van der Waals surface area (Å²) in [5.74, 6) is 0.549. The van der Waals surface area contributed by atoms with Crippen molar-refractivity contribution in [2.75, 3.05) is 0 Å². The lowest BCUT2D eigenvalue weighted by Gasteiger charge is -2.31. The van der Waals surface area contributed by atoms with E-state index in [1.807, 2.05) is 17.5 Å². The van der Waals surface area contributed by atoms with E-state index in [-0.39, 0.29) is 6.10 Å². The van der Waals surface area contributed by atoms with Gasteiger partial charge in [-0.3, -0.25) is 0 Å². The Morgan fingerprint density at radius 2 is 2.12 bits per heavy atom. The summed E-state index contributed by atoms with van der Waals surface area (Å²) < 4.78 is 0. The van der Waals surface area contributed by atoms with E-state index in [2.05, 4.69) is 24.3 Å². The molecule has 82 valence electrons. The van der Waals surface area contributed by atoms with Gasteiger partial charge in [0.05, 0.1) is 6.10 Å². The fourth-order valence-electron chi connectivity index (χ4n) is 2.44. The van der Waals surface area contributed by atoms with Crippen LogP contribution in [0.4, 0.5) is 0 Å². The minimum atomic E-state index is -0.293. The Labute approximate surface area is 99.4 Å². The maximum Gasteiger partial charge on any atom is 0.0887 e. The van der Waals surface area contributed by atoms with E-state index in [0.717, 1.165) is 17.7 Å². The summed E-state index contributed by atoms with van der Waals surface area (Å²) in [6.07, 6.45) is 1.69. The zero-order chi connectivity index (χ0) is 11.0. The second-order valence-corrected chi connectivity index (χ2v) is 5.35. The number of aliphatic hydroxyl groups is 1. The Bertz CT molecular complexity index is 475. The zero-order valence-electron chi connectivity index (χ0n) is 8.97. The van der Waals surface area contributed by atoms with E-state index in [4.69, 9.17) is 0 Å². The van der Waals surface area contributed by atoms with Crippen LogP contribution in [0.1, 0.15) is 34.4 Å². The van der Waals surface area contributed by atoms with Gasteiger partial charge in [0, 0.05) is 4.88 Å². The van der Waals surface area contributed by atoms with Crippen LogP contribution in [-0.4, -0.2) is 5.11 Å². The highest BCUT2D eigenvalue weighted by molar-refractivity contribution is 7.10. The summed E-state index contributed by atoms with van der Waals surface area (Å²) in [6, 6.07) is 12.6. The quantitative estimate of drug-likeness (QED) is 0.855. The molecule has 0 radical (unpaired) electrons. The van der Waals surface area contributed by atoms with E-state index < -0.39 is 0 Å². The number of hydrogen-bond donors (Lipinski definition) is 1. The van der Waals surface area contributed by atoms with E-state index >= 15 is 0 Å². The van der Waals surface area contributed by atoms with Crippen molar-refractivity contribution in [3.63, 3.8) is 0 Å². The highest BCUT2D eigenvalue weighted by Crippen LogP contribution is 2.41. The fraction of sp³-hybridized carbons (Fsp3) is 0.286. The maximum atomic E-state index is 10.1. The van der Waals surface area contributed by atoms with Crippen molar-refractivity contribution in [3.05, 3.63) is 57.8 Å². The average molecular weight is 230 g/mol. The molecule has 0 amide bonds. The lowest BCUT2D eigenvalue weighted by atomic mass is 9.75. The van der Waals surface area contributed by atoms with Crippen LogP contribution in [0.25, 0.3) is 0 Å². The predicted molar refractivity (Wildman–Crippen MR) is 66.8 cm³/mol. The van der Waals surface area contributed by atoms with Crippen molar-refractivity contribution in [3.8, 4) is 0 Å². The molecule has 2 heteroatoms. The molecule has 1 aliphatic rings. The number of benzene rings is 1. The van der Waals surface area contributed by atoms with E-state index in [1.54, 1.807) is 11.3 Å². The van der Waals surface area contributed by atoms with Crippen molar-refractivity contribution in [1.82, 2.24) is 0 Å². The highest BCUT2D eigenvalue weighted by atomic mass is 32.1. The minimum Gasteiger partial charge on any atom is -0.388 e. The van der Waals surface area contributed by atoms with E-state index in [9.17, 15) is 5.11 Å². The topological polar surface area (TPSA) is 20.2 Å². The van der Waals surface area contributed by atoms with Crippen LogP contribution in [0, 0.1) is 0 Å². The molecule has 16 heavy (non-hydrogen) atoms. The largest absolute Gasteiger partial charge is 0.388 e. The molecule has 2 unspecified atom stereocenters. The molecule has 0 fully saturated rings. The molecule has 0 bridgehead atoms. The summed E-state index contributed by atoms with van der Waals surface area (Å²) in [6.45, 7) is 0. The van der Waals surface area contributed by atoms with Crippen molar-refractivity contribution in [2.24, 2.45) is 0 Å². The van der Waals surface area contributed by atoms with Gasteiger partial charge in [0.2, 0.25) is 0 Å². The molecule has 1 heterocycles. The first kappa shape index (κ1) is 10.1. The molecule has 0 saturated carbocycles. The van der Waals surface area contributed by atoms with Gasteiger partial charge in [-0.25, -0.2) is 0 Å². The third kappa shape index (κ3) is 1.68. The second kappa shape index (κ2) is 4.04. The third-order valence-electron chi connectivity index (χ3n) is 3.34. The third-order valence-corrected chi connectivity index (χ3v) is 4.31. The van der Waals surface area contributed by atoms with E-state index in [1.165, 1.54) is 11.1 Å². The molecule has 2 aromatic rings. The van der Waals surface area contributed by atoms with Crippen LogP contribution < -0.4 is 0 Å². The summed E-state index contributed by atoms with van der Waals surface area (Å²) in [4.78, 5) is 1.09. The Kier molecular flexibility index (Phi) is 2.54. The van der Waals surface area contributed by atoms with Gasteiger partial charge < -0.3 is 5.11 Å². The number of rotatable bonds is 3. The Morgan fingerprint density at radius 3 is 2.88 bits per heavy atom. The second-order valence-electron chi connectivity index (χ2n) is 4.37. The lowest BCUT2D eigenvalue weighted by molar-refractivity contribution is 0.157. The molecular weight excluding hydrogens is 216 g/mol. The molecule has 1 aromatic carbocycles. The maximum absolute atomic E-state index is 10.1. The minimum absolute atomic E-state index is 0.293. The van der Waals surface area contributed by atoms with Gasteiger partial charge in [0.25, 0.3) is 0 Å². The predicted octanol–water partition coefficient (Wildman–Crippen LogP) is 3.51. The van der Waals surface area contributed by atoms with Crippen LogP contribution in [0.15, 0.2) is 41.8 Å². The first-order valence-electron chi connectivity index (χ1n) is 5.64. The SMILES string of the molecule is OC(CC1Cc2ccccc21)c1cccs1. The molecule has 3 rings (SSSR count). The average Bonchev–Trinajstić information content (AvgIpc) is 2.79. The number of thiophene rings is 1. The molecule has 0 saturated heterocycles. The molecule has 1 aromatic heterocycles. The summed E-state index contributed by atoms with van der Waals surface area (Å²) >= 11 is 1.64. The fourth-order valence-corrected chi connectivity index (χ4v) is 3.16. The summed E-state index contributed by atoms with van der Waals surface area (Å²) in [5.41, 5.74) is 2.88. The molecule has 2 atom stereocenters. The Balaban J connectivity index is 1.70. The van der Waals surface area contributed by atoms with E-state index in [0.29, 0.717) is 5.92 Å². The molecule has 0 spiro atoms. The van der Waals surface area contributed by atoms with Crippen molar-refractivity contribution >= 4 is 11.3 Å². The smallest absolute Gasteiger partial charge is 0.0887 e. The Hall–Kier alpha value is -1.12. The Morgan fingerprint density at radius 1 is 1.25 bits per heavy atom. The van der Waals surface area contributed by atoms with Gasteiger partial charge in [-0.2, -0.15) is 0 Å². The summed E-state index contributed by atoms with van der Waals surface area (Å²) in [5, 5.41) is 12.1. The monoisotopic (exact) mass is 230 g/mol. The molecule has 1 aliphatic carbocycles. The van der Waals surface area contributed by atoms with Crippen molar-refractivity contribution in [2.45, 2.75) is 24.9 Å². The normalized spacial score (nSPS) is 19.9. The van der Waals surface area contributed by atoms with Gasteiger partial charge >= 0.3 is 0 Å². The first-order valence-corrected chi connectivity index (χ1v) is 6.52. The van der Waals surface area contributed by atoms with Crippen LogP contribution in [0.5, 0.6) is 0 Å². The van der Waals surface area contributed by atoms with Gasteiger partial charge in [-0.05, 0) is 41.3 Å². The van der Waals surface area contributed by atoms with Crippen molar-refractivity contribution in [1.29, 1.82) is 0 Å². The number of aliphatic hydroxyl groups excluding tert-OH is 1. The van der Waals surface area contributed by atoms with Crippen LogP contribution in [0.3, 0.4) is 0 Å². The van der Waals surface area contributed by atoms with Crippen LogP contribution >= 0.6 is 11.3 Å². The number of fused-ring (bicyclic) bond motifs is 1. The molecular formula is C14H14OS. The summed E-state index contributed by atoms with van der Waals surface area (Å²) in [7, 11) is 0. The first-order chi connectivity index (χ1) is 7.84. The van der Waals surface area contributed by atoms with Crippen LogP contribution in [0.2, 0.25) is 0 Å². The van der Waals surface area contributed by atoms with Gasteiger partial charge in [-0.1, -0.05) is 30.3 Å². The van der Waals surface area contributed by atoms with Gasteiger partial charge in [0.15, 0.2) is 0 Å². The van der Waals surface area contributed by atoms with Gasteiger partial charge in [-0.15, -0.1) is 11.3 Å².